The number of nitrogens with zero attached hydrogens (tertiary/aromatic N) is 4. The summed E-state index contributed by atoms with van der Waals surface area (Å²) >= 11 is 0. The summed E-state index contributed by atoms with van der Waals surface area (Å²) in [4.78, 5) is 9.77. The molecule has 2 saturated heterocycles. The molecule has 1 aromatic heterocycles. The number of hydrogen-bond acceptors (Lipinski definition) is 4. The maximum atomic E-state index is 5.89. The molecule has 2 atom stereocenters. The predicted octanol–water partition coefficient (Wildman–Crippen LogP) is 0.758. The van der Waals surface area contributed by atoms with E-state index in [4.69, 9.17) is 4.74 Å². The Labute approximate surface area is 126 Å². The predicted molar refractivity (Wildman–Crippen MR) is 81.2 cm³/mol. The Morgan fingerprint density at radius 3 is 2.95 bits per heavy atom. The van der Waals surface area contributed by atoms with Crippen LogP contribution in [0.15, 0.2) is 12.4 Å². The van der Waals surface area contributed by atoms with E-state index in [1.807, 2.05) is 12.4 Å². The number of piperazine rings is 1. The van der Waals surface area contributed by atoms with Crippen molar-refractivity contribution in [3.8, 4) is 0 Å². The molecule has 5 nitrogen and oxygen atoms in total. The zero-order valence-electron chi connectivity index (χ0n) is 12.9. The second-order valence-corrected chi connectivity index (χ2v) is 6.84. The third kappa shape index (κ3) is 2.87. The summed E-state index contributed by atoms with van der Waals surface area (Å²) in [5, 5.41) is 0. The lowest BCUT2D eigenvalue weighted by molar-refractivity contribution is -0.0866. The Hall–Kier alpha value is -0.910. The monoisotopic (exact) mass is 290 g/mol. The number of ether oxygens (including phenoxy) is 1. The molecule has 0 radical (unpaired) electrons. The normalized spacial score (nSPS) is 31.3. The molecule has 3 heterocycles. The van der Waals surface area contributed by atoms with Gasteiger partial charge in [-0.2, -0.15) is 0 Å². The molecule has 2 aliphatic heterocycles. The van der Waals surface area contributed by atoms with Gasteiger partial charge in [-0.15, -0.1) is 0 Å². The molecule has 0 aromatic carbocycles. The largest absolute Gasteiger partial charge is 0.378 e. The van der Waals surface area contributed by atoms with E-state index in [1.165, 1.54) is 31.8 Å². The van der Waals surface area contributed by atoms with Crippen LogP contribution >= 0.6 is 0 Å². The minimum atomic E-state index is 0.611. The fourth-order valence-corrected chi connectivity index (χ4v) is 3.93. The second-order valence-electron chi connectivity index (χ2n) is 6.84. The van der Waals surface area contributed by atoms with Crippen molar-refractivity contribution in [3.05, 3.63) is 18.2 Å². The van der Waals surface area contributed by atoms with Crippen molar-refractivity contribution in [2.45, 2.75) is 31.3 Å². The molecule has 0 bridgehead atoms. The molecule has 0 spiro atoms. The highest BCUT2D eigenvalue weighted by Crippen LogP contribution is 2.38. The molecular weight excluding hydrogens is 264 g/mol. The number of aromatic nitrogens is 2. The Bertz CT molecular complexity index is 484. The van der Waals surface area contributed by atoms with Gasteiger partial charge in [-0.25, -0.2) is 4.98 Å². The summed E-state index contributed by atoms with van der Waals surface area (Å²) in [7, 11) is 2.08. The Balaban J connectivity index is 1.33. The lowest BCUT2D eigenvalue weighted by atomic mass is 10.0. The SMILES string of the molecule is Cn1ccnc1CCN1CCN2[C@@H](COC[C@@H]2C2CC2)C1. The van der Waals surface area contributed by atoms with Crippen molar-refractivity contribution >= 4 is 0 Å². The van der Waals surface area contributed by atoms with Gasteiger partial charge < -0.3 is 9.30 Å². The van der Waals surface area contributed by atoms with Gasteiger partial charge in [0.1, 0.15) is 5.82 Å². The van der Waals surface area contributed by atoms with Gasteiger partial charge in [-0.3, -0.25) is 9.80 Å². The van der Waals surface area contributed by atoms with E-state index in [1.54, 1.807) is 0 Å². The first kappa shape index (κ1) is 13.7. The fraction of sp³-hybridized carbons (Fsp3) is 0.812. The molecule has 3 fully saturated rings. The van der Waals surface area contributed by atoms with Gasteiger partial charge in [0.05, 0.1) is 13.2 Å². The third-order valence-corrected chi connectivity index (χ3v) is 5.38. The van der Waals surface area contributed by atoms with Gasteiger partial charge in [-0.05, 0) is 18.8 Å². The first-order valence-corrected chi connectivity index (χ1v) is 8.33. The Morgan fingerprint density at radius 2 is 2.19 bits per heavy atom. The highest BCUT2D eigenvalue weighted by atomic mass is 16.5. The zero-order chi connectivity index (χ0) is 14.2. The smallest absolute Gasteiger partial charge is 0.109 e. The van der Waals surface area contributed by atoms with E-state index in [2.05, 4.69) is 26.4 Å². The molecule has 1 aromatic rings. The summed E-state index contributed by atoms with van der Waals surface area (Å²) in [5.74, 6) is 2.11. The van der Waals surface area contributed by atoms with Gasteiger partial charge in [0.25, 0.3) is 0 Å². The number of imidazole rings is 1. The summed E-state index contributed by atoms with van der Waals surface area (Å²) in [5.41, 5.74) is 0. The molecule has 1 aliphatic carbocycles. The van der Waals surface area contributed by atoms with Crippen molar-refractivity contribution in [3.63, 3.8) is 0 Å². The second kappa shape index (κ2) is 5.71. The highest BCUT2D eigenvalue weighted by molar-refractivity contribution is 4.97. The maximum Gasteiger partial charge on any atom is 0.109 e. The van der Waals surface area contributed by atoms with E-state index in [0.29, 0.717) is 12.1 Å². The summed E-state index contributed by atoms with van der Waals surface area (Å²) < 4.78 is 8.01. The summed E-state index contributed by atoms with van der Waals surface area (Å²) in [6.45, 7) is 6.58. The zero-order valence-corrected chi connectivity index (χ0v) is 12.9. The Kier molecular flexibility index (Phi) is 3.73. The van der Waals surface area contributed by atoms with Gasteiger partial charge in [0, 0.05) is 64.1 Å². The van der Waals surface area contributed by atoms with Crippen molar-refractivity contribution < 1.29 is 4.74 Å². The molecule has 0 unspecified atom stereocenters. The topological polar surface area (TPSA) is 33.5 Å². The van der Waals surface area contributed by atoms with E-state index in [9.17, 15) is 0 Å². The van der Waals surface area contributed by atoms with E-state index < -0.39 is 0 Å². The average Bonchev–Trinajstić information content (AvgIpc) is 3.27. The minimum absolute atomic E-state index is 0.611. The van der Waals surface area contributed by atoms with Crippen molar-refractivity contribution in [2.75, 3.05) is 39.4 Å². The van der Waals surface area contributed by atoms with Crippen LogP contribution in [0.1, 0.15) is 18.7 Å². The van der Waals surface area contributed by atoms with Crippen LogP contribution in [-0.2, 0) is 18.2 Å². The van der Waals surface area contributed by atoms with Gasteiger partial charge >= 0.3 is 0 Å². The molecule has 0 N–H and O–H groups in total. The molecule has 116 valence electrons. The molecule has 5 heteroatoms. The number of hydrogen-bond donors (Lipinski definition) is 0. The van der Waals surface area contributed by atoms with Crippen molar-refractivity contribution in [1.29, 1.82) is 0 Å². The first-order chi connectivity index (χ1) is 10.3. The molecular formula is C16H26N4O. The maximum absolute atomic E-state index is 5.89. The third-order valence-electron chi connectivity index (χ3n) is 5.38. The van der Waals surface area contributed by atoms with Gasteiger partial charge in [0.15, 0.2) is 0 Å². The summed E-state index contributed by atoms with van der Waals surface area (Å²) in [6, 6.07) is 1.32. The van der Waals surface area contributed by atoms with E-state index in [0.717, 1.165) is 38.6 Å². The minimum Gasteiger partial charge on any atom is -0.378 e. The van der Waals surface area contributed by atoms with Crippen LogP contribution in [0.4, 0.5) is 0 Å². The summed E-state index contributed by atoms with van der Waals surface area (Å²) in [6.07, 6.45) is 7.80. The number of rotatable bonds is 4. The van der Waals surface area contributed by atoms with Crippen LogP contribution < -0.4 is 0 Å². The van der Waals surface area contributed by atoms with E-state index >= 15 is 0 Å². The lowest BCUT2D eigenvalue weighted by Gasteiger charge is -2.48. The molecule has 21 heavy (non-hydrogen) atoms. The molecule has 4 rings (SSSR count). The Morgan fingerprint density at radius 1 is 1.29 bits per heavy atom. The van der Waals surface area contributed by atoms with Gasteiger partial charge in [-0.1, -0.05) is 0 Å². The number of aryl methyl sites for hydroxylation is 1. The van der Waals surface area contributed by atoms with E-state index in [-0.39, 0.29) is 0 Å². The molecule has 3 aliphatic rings. The van der Waals surface area contributed by atoms with Crippen molar-refractivity contribution in [2.24, 2.45) is 13.0 Å². The van der Waals surface area contributed by atoms with Crippen LogP contribution in [0.5, 0.6) is 0 Å². The van der Waals surface area contributed by atoms with Crippen LogP contribution in [0.3, 0.4) is 0 Å². The number of morpholine rings is 1. The number of fused-ring (bicyclic) bond motifs is 1. The van der Waals surface area contributed by atoms with Crippen LogP contribution in [0, 0.1) is 5.92 Å². The van der Waals surface area contributed by atoms with Crippen LogP contribution in [0.2, 0.25) is 0 Å². The molecule has 0 amide bonds. The fourth-order valence-electron chi connectivity index (χ4n) is 3.93. The highest BCUT2D eigenvalue weighted by Gasteiger charge is 2.42. The molecule has 1 saturated carbocycles. The standard InChI is InChI=1S/C16H26N4O/c1-18-7-5-17-16(18)4-6-19-8-9-20-14(10-19)11-21-12-15(20)13-2-3-13/h5,7,13-15H,2-4,6,8-12H2,1H3/t14-,15-/m1/s1. The van der Waals surface area contributed by atoms with Crippen molar-refractivity contribution in [1.82, 2.24) is 19.4 Å². The first-order valence-electron chi connectivity index (χ1n) is 8.33. The van der Waals surface area contributed by atoms with Crippen LogP contribution in [-0.4, -0.2) is 70.8 Å². The van der Waals surface area contributed by atoms with Crippen LogP contribution in [0.25, 0.3) is 0 Å². The quantitative estimate of drug-likeness (QED) is 0.820. The lowest BCUT2D eigenvalue weighted by Crippen LogP contribution is -2.62. The van der Waals surface area contributed by atoms with Gasteiger partial charge in [0.2, 0.25) is 0 Å². The average molecular weight is 290 g/mol.